The summed E-state index contributed by atoms with van der Waals surface area (Å²) in [5.41, 5.74) is 0.933. The molecule has 3 aromatic carbocycles. The molecule has 1 aliphatic rings. The number of hydrogen-bond donors (Lipinski definition) is 0. The number of carbonyl (C=O) groups is 1. The second-order valence-electron chi connectivity index (χ2n) is 8.04. The maximum absolute atomic E-state index is 13.1. The first kappa shape index (κ1) is 21.1. The Labute approximate surface area is 191 Å². The van der Waals surface area contributed by atoms with Crippen molar-refractivity contribution in [3.63, 3.8) is 0 Å². The number of sulfonamides is 1. The summed E-state index contributed by atoms with van der Waals surface area (Å²) in [4.78, 5) is 19.8. The Kier molecular flexibility index (Phi) is 5.44. The molecule has 2 heterocycles. The average Bonchev–Trinajstić information content (AvgIpc) is 3.45. The summed E-state index contributed by atoms with van der Waals surface area (Å²) in [7, 11) is -2.32. The molecule has 1 aliphatic heterocycles. The minimum Gasteiger partial charge on any atom is -0.332 e. The highest BCUT2D eigenvalue weighted by molar-refractivity contribution is 7.89. The van der Waals surface area contributed by atoms with Crippen LogP contribution in [0.3, 0.4) is 0 Å². The molecule has 0 spiro atoms. The molecule has 0 N–H and O–H groups in total. The molecule has 0 radical (unpaired) electrons. The van der Waals surface area contributed by atoms with Crippen LogP contribution in [-0.4, -0.2) is 48.7 Å². The van der Waals surface area contributed by atoms with Crippen LogP contribution >= 0.6 is 11.3 Å². The fourth-order valence-corrected chi connectivity index (χ4v) is 6.50. The summed E-state index contributed by atoms with van der Waals surface area (Å²) in [6, 6.07) is 20.5. The van der Waals surface area contributed by atoms with E-state index in [0.29, 0.717) is 6.54 Å². The van der Waals surface area contributed by atoms with Crippen LogP contribution < -0.4 is 0 Å². The highest BCUT2D eigenvalue weighted by atomic mass is 32.2. The van der Waals surface area contributed by atoms with Gasteiger partial charge >= 0.3 is 0 Å². The fraction of sp³-hybridized carbons (Fsp3) is 0.250. The molecule has 5 rings (SSSR count). The van der Waals surface area contributed by atoms with Crippen LogP contribution in [0.5, 0.6) is 0 Å². The van der Waals surface area contributed by atoms with E-state index >= 15 is 0 Å². The number of likely N-dealkylation sites (N-methyl/N-ethyl adjacent to an activating group) is 1. The molecule has 1 aromatic heterocycles. The van der Waals surface area contributed by atoms with Crippen LogP contribution in [0.15, 0.2) is 71.6 Å². The normalized spacial score (nSPS) is 16.9. The third-order valence-electron chi connectivity index (χ3n) is 5.96. The molecule has 0 bridgehead atoms. The SMILES string of the molecule is CN(CC(=O)N1CCC[C@H]1c1nc2ccccc2s1)S(=O)(=O)c1ccc2ccccc2c1. The van der Waals surface area contributed by atoms with Gasteiger partial charge in [-0.05, 0) is 47.9 Å². The van der Waals surface area contributed by atoms with Crippen molar-refractivity contribution in [2.45, 2.75) is 23.8 Å². The van der Waals surface area contributed by atoms with E-state index in [-0.39, 0.29) is 23.4 Å². The van der Waals surface area contributed by atoms with Crippen molar-refractivity contribution in [3.8, 4) is 0 Å². The van der Waals surface area contributed by atoms with Crippen molar-refractivity contribution in [1.29, 1.82) is 0 Å². The van der Waals surface area contributed by atoms with Crippen LogP contribution in [0, 0.1) is 0 Å². The Bertz CT molecular complexity index is 1380. The average molecular weight is 466 g/mol. The third-order valence-corrected chi connectivity index (χ3v) is 8.89. The molecule has 6 nitrogen and oxygen atoms in total. The van der Waals surface area contributed by atoms with Gasteiger partial charge in [-0.15, -0.1) is 11.3 Å². The largest absolute Gasteiger partial charge is 0.332 e. The lowest BCUT2D eigenvalue weighted by atomic mass is 10.1. The quantitative estimate of drug-likeness (QED) is 0.437. The van der Waals surface area contributed by atoms with Crippen LogP contribution in [0.1, 0.15) is 23.9 Å². The Morgan fingerprint density at radius 3 is 2.66 bits per heavy atom. The van der Waals surface area contributed by atoms with Crippen molar-refractivity contribution in [2.24, 2.45) is 0 Å². The Morgan fingerprint density at radius 2 is 1.84 bits per heavy atom. The van der Waals surface area contributed by atoms with Crippen molar-refractivity contribution < 1.29 is 13.2 Å². The van der Waals surface area contributed by atoms with Crippen LogP contribution in [0.2, 0.25) is 0 Å². The number of benzene rings is 3. The molecule has 1 atom stereocenters. The van der Waals surface area contributed by atoms with Gasteiger partial charge < -0.3 is 4.90 Å². The molecule has 8 heteroatoms. The summed E-state index contributed by atoms with van der Waals surface area (Å²) in [5, 5.41) is 2.74. The van der Waals surface area contributed by atoms with Crippen molar-refractivity contribution in [2.75, 3.05) is 20.1 Å². The highest BCUT2D eigenvalue weighted by Crippen LogP contribution is 2.36. The molecule has 4 aromatic rings. The van der Waals surface area contributed by atoms with Crippen LogP contribution in [-0.2, 0) is 14.8 Å². The molecular formula is C24H23N3O3S2. The molecular weight excluding hydrogens is 442 g/mol. The smallest absolute Gasteiger partial charge is 0.243 e. The first-order valence-corrected chi connectivity index (χ1v) is 12.8. The van der Waals surface area contributed by atoms with Gasteiger partial charge in [0.05, 0.1) is 27.7 Å². The monoisotopic (exact) mass is 465 g/mol. The van der Waals surface area contributed by atoms with E-state index in [1.54, 1.807) is 34.4 Å². The lowest BCUT2D eigenvalue weighted by molar-refractivity contribution is -0.132. The lowest BCUT2D eigenvalue weighted by Gasteiger charge is -2.26. The minimum absolute atomic E-state index is 0.100. The number of thiazole rings is 1. The second kappa shape index (κ2) is 8.27. The summed E-state index contributed by atoms with van der Waals surface area (Å²) in [6.07, 6.45) is 1.72. The summed E-state index contributed by atoms with van der Waals surface area (Å²) in [6.45, 7) is 0.417. The van der Waals surface area contributed by atoms with Gasteiger partial charge in [0.2, 0.25) is 15.9 Å². The van der Waals surface area contributed by atoms with Gasteiger partial charge in [-0.2, -0.15) is 4.31 Å². The molecule has 1 fully saturated rings. The minimum atomic E-state index is -3.78. The first-order chi connectivity index (χ1) is 15.4. The lowest BCUT2D eigenvalue weighted by Crippen LogP contribution is -2.40. The van der Waals surface area contributed by atoms with Gasteiger partial charge in [0.1, 0.15) is 5.01 Å². The van der Waals surface area contributed by atoms with Gasteiger partial charge in [-0.25, -0.2) is 13.4 Å². The number of rotatable bonds is 5. The predicted molar refractivity (Wildman–Crippen MR) is 127 cm³/mol. The predicted octanol–water partition coefficient (Wildman–Crippen LogP) is 4.43. The number of carbonyl (C=O) groups excluding carboxylic acids is 1. The van der Waals surface area contributed by atoms with E-state index in [1.807, 2.05) is 48.5 Å². The number of nitrogens with zero attached hydrogens (tertiary/aromatic N) is 3. The van der Waals surface area contributed by atoms with Crippen LogP contribution in [0.4, 0.5) is 0 Å². The molecule has 0 saturated carbocycles. The maximum atomic E-state index is 13.1. The molecule has 164 valence electrons. The topological polar surface area (TPSA) is 70.6 Å². The number of fused-ring (bicyclic) bond motifs is 2. The molecule has 0 unspecified atom stereocenters. The van der Waals surface area contributed by atoms with Gasteiger partial charge in [0, 0.05) is 13.6 Å². The second-order valence-corrected chi connectivity index (χ2v) is 11.1. The third kappa shape index (κ3) is 3.79. The standard InChI is InChI=1S/C24H23N3O3S2/c1-26(32(29,30)19-13-12-17-7-2-3-8-18(17)15-19)16-23(28)27-14-6-10-21(27)24-25-20-9-4-5-11-22(20)31-24/h2-5,7-9,11-13,15,21H,6,10,14,16H2,1H3/t21-/m0/s1. The maximum Gasteiger partial charge on any atom is 0.243 e. The Balaban J connectivity index is 1.35. The zero-order valence-corrected chi connectivity index (χ0v) is 19.3. The van der Waals surface area contributed by atoms with E-state index < -0.39 is 10.0 Å². The zero-order valence-electron chi connectivity index (χ0n) is 17.6. The first-order valence-electron chi connectivity index (χ1n) is 10.5. The highest BCUT2D eigenvalue weighted by Gasteiger charge is 2.34. The van der Waals surface area contributed by atoms with Crippen LogP contribution in [0.25, 0.3) is 21.0 Å². The van der Waals surface area contributed by atoms with E-state index in [4.69, 9.17) is 4.98 Å². The number of amides is 1. The number of likely N-dealkylation sites (tertiary alicyclic amines) is 1. The summed E-state index contributed by atoms with van der Waals surface area (Å²) in [5.74, 6) is -0.196. The molecule has 32 heavy (non-hydrogen) atoms. The zero-order chi connectivity index (χ0) is 22.3. The Hall–Kier alpha value is -2.81. The van der Waals surface area contributed by atoms with Gasteiger partial charge in [0.25, 0.3) is 0 Å². The van der Waals surface area contributed by atoms with E-state index in [2.05, 4.69) is 0 Å². The summed E-state index contributed by atoms with van der Waals surface area (Å²) >= 11 is 1.60. The molecule has 1 saturated heterocycles. The number of hydrogen-bond acceptors (Lipinski definition) is 5. The summed E-state index contributed by atoms with van der Waals surface area (Å²) < 4.78 is 28.5. The van der Waals surface area contributed by atoms with Crippen molar-refractivity contribution in [1.82, 2.24) is 14.2 Å². The molecule has 1 amide bonds. The van der Waals surface area contributed by atoms with Crippen molar-refractivity contribution >= 4 is 48.3 Å². The number of para-hydroxylation sites is 1. The van der Waals surface area contributed by atoms with Crippen molar-refractivity contribution in [3.05, 3.63) is 71.7 Å². The van der Waals surface area contributed by atoms with E-state index in [1.165, 1.54) is 7.05 Å². The van der Waals surface area contributed by atoms with E-state index in [9.17, 15) is 13.2 Å². The fourth-order valence-electron chi connectivity index (χ4n) is 4.23. The van der Waals surface area contributed by atoms with Gasteiger partial charge in [0.15, 0.2) is 0 Å². The van der Waals surface area contributed by atoms with Gasteiger partial charge in [-0.1, -0.05) is 42.5 Å². The number of aromatic nitrogens is 1. The Morgan fingerprint density at radius 1 is 1.09 bits per heavy atom. The van der Waals surface area contributed by atoms with Gasteiger partial charge in [-0.3, -0.25) is 4.79 Å². The van der Waals surface area contributed by atoms with E-state index in [0.717, 1.165) is 43.1 Å². The molecule has 0 aliphatic carbocycles.